The Hall–Kier alpha value is -1.30. The molecule has 0 saturated heterocycles. The molecule has 0 aromatic rings. The third kappa shape index (κ3) is 3.23. The number of rotatable bonds is 6. The van der Waals surface area contributed by atoms with Crippen LogP contribution in [0.5, 0.6) is 0 Å². The van der Waals surface area contributed by atoms with Gasteiger partial charge in [-0.3, -0.25) is 0 Å². The van der Waals surface area contributed by atoms with Crippen molar-refractivity contribution in [1.29, 1.82) is 0 Å². The Morgan fingerprint density at radius 1 is 1.20 bits per heavy atom. The van der Waals surface area contributed by atoms with Gasteiger partial charge in [-0.2, -0.15) is 0 Å². The molecule has 2 amide bonds. The van der Waals surface area contributed by atoms with E-state index in [-0.39, 0.29) is 11.6 Å². The first-order chi connectivity index (χ1) is 9.25. The number of carbonyl (C=O) groups is 2. The summed E-state index contributed by atoms with van der Waals surface area (Å²) < 4.78 is 0. The van der Waals surface area contributed by atoms with Crippen LogP contribution in [-0.2, 0) is 4.79 Å². The molecule has 0 heterocycles. The summed E-state index contributed by atoms with van der Waals surface area (Å²) in [6.07, 6.45) is 3.75. The maximum atomic E-state index is 12.4. The van der Waals surface area contributed by atoms with Crippen LogP contribution in [0.25, 0.3) is 0 Å². The highest BCUT2D eigenvalue weighted by molar-refractivity contribution is 5.82. The average Bonchev–Trinajstić information content (AvgIpc) is 2.32. The standard InChI is InChI=1S/C14H27N3O3/c1-6-11(12(18)19)17(5)13(20)16(4)10-14(15(2)3)8-7-9-14/h11H,6-10H2,1-5H3,(H,18,19). The number of likely N-dealkylation sites (N-methyl/N-ethyl adjacent to an activating group) is 3. The number of aliphatic carboxylic acids is 1. The fraction of sp³-hybridized carbons (Fsp3) is 0.857. The van der Waals surface area contributed by atoms with E-state index in [4.69, 9.17) is 5.11 Å². The Morgan fingerprint density at radius 2 is 1.75 bits per heavy atom. The molecule has 1 unspecified atom stereocenters. The summed E-state index contributed by atoms with van der Waals surface area (Å²) >= 11 is 0. The fourth-order valence-electron chi connectivity index (χ4n) is 2.86. The van der Waals surface area contributed by atoms with E-state index >= 15 is 0 Å². The minimum absolute atomic E-state index is 0.0518. The molecule has 0 aromatic heterocycles. The van der Waals surface area contributed by atoms with Crippen LogP contribution >= 0.6 is 0 Å². The third-order valence-electron chi connectivity index (χ3n) is 4.53. The van der Waals surface area contributed by atoms with Crippen molar-refractivity contribution >= 4 is 12.0 Å². The van der Waals surface area contributed by atoms with Gasteiger partial charge in [0.05, 0.1) is 0 Å². The topological polar surface area (TPSA) is 64.1 Å². The molecule has 20 heavy (non-hydrogen) atoms. The van der Waals surface area contributed by atoms with Gasteiger partial charge in [0.15, 0.2) is 0 Å². The van der Waals surface area contributed by atoms with E-state index in [0.29, 0.717) is 13.0 Å². The SMILES string of the molecule is CCC(C(=O)O)N(C)C(=O)N(C)CC1(N(C)C)CCC1. The summed E-state index contributed by atoms with van der Waals surface area (Å²) in [5, 5.41) is 9.13. The molecule has 1 atom stereocenters. The monoisotopic (exact) mass is 285 g/mol. The number of carbonyl (C=O) groups excluding carboxylic acids is 1. The Bertz CT molecular complexity index is 367. The van der Waals surface area contributed by atoms with Crippen LogP contribution in [0.1, 0.15) is 32.6 Å². The maximum absolute atomic E-state index is 12.4. The Kier molecular flexibility index (Phi) is 5.39. The number of carboxylic acids is 1. The largest absolute Gasteiger partial charge is 0.480 e. The molecule has 116 valence electrons. The molecule has 1 aliphatic rings. The molecule has 1 rings (SSSR count). The molecule has 0 aromatic carbocycles. The lowest BCUT2D eigenvalue weighted by atomic mass is 9.75. The highest BCUT2D eigenvalue weighted by atomic mass is 16.4. The first-order valence-corrected chi connectivity index (χ1v) is 7.13. The van der Waals surface area contributed by atoms with Crippen LogP contribution in [0, 0.1) is 0 Å². The van der Waals surface area contributed by atoms with Gasteiger partial charge in [0.2, 0.25) is 0 Å². The summed E-state index contributed by atoms with van der Waals surface area (Å²) in [5.74, 6) is -0.956. The van der Waals surface area contributed by atoms with Gasteiger partial charge >= 0.3 is 12.0 Å². The lowest BCUT2D eigenvalue weighted by Crippen LogP contribution is -2.59. The predicted molar refractivity (Wildman–Crippen MR) is 77.8 cm³/mol. The van der Waals surface area contributed by atoms with Gasteiger partial charge < -0.3 is 19.8 Å². The van der Waals surface area contributed by atoms with Crippen molar-refractivity contribution in [3.05, 3.63) is 0 Å². The summed E-state index contributed by atoms with van der Waals surface area (Å²) in [7, 11) is 7.38. The lowest BCUT2D eigenvalue weighted by Gasteiger charge is -2.49. The second kappa shape index (κ2) is 6.43. The number of carboxylic acid groups (broad SMARTS) is 1. The molecule has 0 bridgehead atoms. The molecule has 1 fully saturated rings. The van der Waals surface area contributed by atoms with E-state index in [9.17, 15) is 9.59 Å². The molecule has 0 radical (unpaired) electrons. The molecule has 1 saturated carbocycles. The average molecular weight is 285 g/mol. The molecule has 0 spiro atoms. The van der Waals surface area contributed by atoms with E-state index in [1.54, 1.807) is 25.9 Å². The molecular formula is C14H27N3O3. The van der Waals surface area contributed by atoms with Crippen LogP contribution < -0.4 is 0 Å². The van der Waals surface area contributed by atoms with Gasteiger partial charge in [0.1, 0.15) is 6.04 Å². The summed E-state index contributed by atoms with van der Waals surface area (Å²) in [4.78, 5) is 28.6. The van der Waals surface area contributed by atoms with Crippen molar-refractivity contribution in [3.63, 3.8) is 0 Å². The minimum Gasteiger partial charge on any atom is -0.480 e. The van der Waals surface area contributed by atoms with E-state index in [0.717, 1.165) is 12.8 Å². The second-order valence-electron chi connectivity index (χ2n) is 5.98. The van der Waals surface area contributed by atoms with Crippen molar-refractivity contribution < 1.29 is 14.7 Å². The third-order valence-corrected chi connectivity index (χ3v) is 4.53. The Labute approximate surface area is 121 Å². The Morgan fingerprint density at radius 3 is 2.05 bits per heavy atom. The molecule has 6 heteroatoms. The molecule has 1 N–H and O–H groups in total. The first kappa shape index (κ1) is 16.8. The number of urea groups is 1. The van der Waals surface area contributed by atoms with Crippen molar-refractivity contribution in [2.24, 2.45) is 0 Å². The van der Waals surface area contributed by atoms with Gasteiger partial charge in [-0.1, -0.05) is 6.92 Å². The van der Waals surface area contributed by atoms with Gasteiger partial charge in [0, 0.05) is 26.2 Å². The Balaban J connectivity index is 2.69. The van der Waals surface area contributed by atoms with E-state index in [1.165, 1.54) is 11.3 Å². The summed E-state index contributed by atoms with van der Waals surface area (Å²) in [5.41, 5.74) is 0.0518. The molecule has 0 aliphatic heterocycles. The van der Waals surface area contributed by atoms with Crippen LogP contribution in [0.2, 0.25) is 0 Å². The van der Waals surface area contributed by atoms with Gasteiger partial charge in [-0.25, -0.2) is 9.59 Å². The van der Waals surface area contributed by atoms with Crippen molar-refractivity contribution in [1.82, 2.24) is 14.7 Å². The normalized spacial score (nSPS) is 18.3. The molecule has 6 nitrogen and oxygen atoms in total. The number of hydrogen-bond acceptors (Lipinski definition) is 3. The van der Waals surface area contributed by atoms with Crippen LogP contribution in [0.4, 0.5) is 4.79 Å². The van der Waals surface area contributed by atoms with E-state index in [2.05, 4.69) is 4.90 Å². The summed E-state index contributed by atoms with van der Waals surface area (Å²) in [6, 6.07) is -0.992. The van der Waals surface area contributed by atoms with Crippen LogP contribution in [0.15, 0.2) is 0 Å². The zero-order valence-corrected chi connectivity index (χ0v) is 13.2. The maximum Gasteiger partial charge on any atom is 0.326 e. The van der Waals surface area contributed by atoms with Crippen molar-refractivity contribution in [2.75, 3.05) is 34.7 Å². The highest BCUT2D eigenvalue weighted by Gasteiger charge is 2.41. The van der Waals surface area contributed by atoms with Crippen LogP contribution in [0.3, 0.4) is 0 Å². The fourth-order valence-corrected chi connectivity index (χ4v) is 2.86. The van der Waals surface area contributed by atoms with Crippen molar-refractivity contribution in [3.8, 4) is 0 Å². The summed E-state index contributed by atoms with van der Waals surface area (Å²) in [6.45, 7) is 2.41. The number of nitrogens with zero attached hydrogens (tertiary/aromatic N) is 3. The first-order valence-electron chi connectivity index (χ1n) is 7.13. The van der Waals surface area contributed by atoms with Crippen molar-refractivity contribution in [2.45, 2.75) is 44.2 Å². The second-order valence-corrected chi connectivity index (χ2v) is 5.98. The van der Waals surface area contributed by atoms with Gasteiger partial charge in [-0.15, -0.1) is 0 Å². The van der Waals surface area contributed by atoms with E-state index in [1.807, 2.05) is 14.1 Å². The smallest absolute Gasteiger partial charge is 0.326 e. The number of amides is 2. The zero-order chi connectivity index (χ0) is 15.5. The minimum atomic E-state index is -0.956. The quantitative estimate of drug-likeness (QED) is 0.799. The van der Waals surface area contributed by atoms with Gasteiger partial charge in [-0.05, 0) is 39.8 Å². The van der Waals surface area contributed by atoms with Gasteiger partial charge in [0.25, 0.3) is 0 Å². The number of hydrogen-bond donors (Lipinski definition) is 1. The zero-order valence-electron chi connectivity index (χ0n) is 13.2. The van der Waals surface area contributed by atoms with Crippen LogP contribution in [-0.4, -0.2) is 78.1 Å². The molecular weight excluding hydrogens is 258 g/mol. The lowest BCUT2D eigenvalue weighted by molar-refractivity contribution is -0.142. The van der Waals surface area contributed by atoms with E-state index < -0.39 is 12.0 Å². The predicted octanol–water partition coefficient (Wildman–Crippen LogP) is 1.32. The highest BCUT2D eigenvalue weighted by Crippen LogP contribution is 2.36. The molecule has 1 aliphatic carbocycles.